The van der Waals surface area contributed by atoms with Crippen LogP contribution in [0.1, 0.15) is 70.6 Å². The minimum absolute atomic E-state index is 0.0131. The summed E-state index contributed by atoms with van der Waals surface area (Å²) in [5.74, 6) is -2.20. The lowest BCUT2D eigenvalue weighted by Crippen LogP contribution is -2.46. The van der Waals surface area contributed by atoms with Crippen molar-refractivity contribution in [1.29, 1.82) is 0 Å². The van der Waals surface area contributed by atoms with Gasteiger partial charge in [-0.2, -0.15) is 0 Å². The molecule has 2 aliphatic carbocycles. The van der Waals surface area contributed by atoms with Crippen LogP contribution in [0.4, 0.5) is 8.78 Å². The Labute approximate surface area is 126 Å². The molecule has 2 nitrogen and oxygen atoms in total. The average Bonchev–Trinajstić information content (AvgIpc) is 2.47. The molecule has 1 saturated heterocycles. The van der Waals surface area contributed by atoms with Crippen molar-refractivity contribution in [2.24, 2.45) is 11.8 Å². The summed E-state index contributed by atoms with van der Waals surface area (Å²) in [7, 11) is 0. The standard InChI is InChI=1S/C17H28F2O2/c18-17(19)9-4-13(5-10-17)15(20)14-6-11-21-16(12-14)7-2-1-3-8-16/h13-15,20H,1-12H2. The first-order valence-electron chi connectivity index (χ1n) is 8.70. The van der Waals surface area contributed by atoms with E-state index in [1.54, 1.807) is 0 Å². The molecule has 0 aromatic carbocycles. The molecule has 21 heavy (non-hydrogen) atoms. The molecule has 1 aliphatic heterocycles. The normalized spacial score (nSPS) is 34.7. The fourth-order valence-electron chi connectivity index (χ4n) is 4.69. The van der Waals surface area contributed by atoms with Gasteiger partial charge in [-0.3, -0.25) is 0 Å². The second kappa shape index (κ2) is 6.11. The van der Waals surface area contributed by atoms with Gasteiger partial charge in [0.15, 0.2) is 0 Å². The van der Waals surface area contributed by atoms with E-state index < -0.39 is 12.0 Å². The van der Waals surface area contributed by atoms with Gasteiger partial charge in [0, 0.05) is 19.4 Å². The monoisotopic (exact) mass is 302 g/mol. The number of aliphatic hydroxyl groups excluding tert-OH is 1. The predicted octanol–water partition coefficient (Wildman–Crippen LogP) is 4.30. The van der Waals surface area contributed by atoms with Crippen LogP contribution in [-0.4, -0.2) is 29.3 Å². The Hall–Kier alpha value is -0.220. The van der Waals surface area contributed by atoms with Crippen LogP contribution < -0.4 is 0 Å². The van der Waals surface area contributed by atoms with Crippen molar-refractivity contribution in [1.82, 2.24) is 0 Å². The summed E-state index contributed by atoms with van der Waals surface area (Å²) in [6.45, 7) is 0.727. The topological polar surface area (TPSA) is 29.5 Å². The molecule has 2 atom stereocenters. The van der Waals surface area contributed by atoms with Gasteiger partial charge in [0.05, 0.1) is 11.7 Å². The number of rotatable bonds is 2. The number of hydrogen-bond donors (Lipinski definition) is 1. The zero-order valence-corrected chi connectivity index (χ0v) is 12.8. The smallest absolute Gasteiger partial charge is 0.248 e. The van der Waals surface area contributed by atoms with Gasteiger partial charge in [0.2, 0.25) is 5.92 Å². The van der Waals surface area contributed by atoms with Crippen LogP contribution in [-0.2, 0) is 4.74 Å². The third-order valence-corrected chi connectivity index (χ3v) is 6.02. The summed E-state index contributed by atoms with van der Waals surface area (Å²) < 4.78 is 32.6. The van der Waals surface area contributed by atoms with E-state index in [0.29, 0.717) is 12.8 Å². The molecule has 3 rings (SSSR count). The maximum absolute atomic E-state index is 13.3. The molecular weight excluding hydrogens is 274 g/mol. The van der Waals surface area contributed by atoms with Crippen LogP contribution in [0, 0.1) is 11.8 Å². The summed E-state index contributed by atoms with van der Waals surface area (Å²) in [4.78, 5) is 0. The van der Waals surface area contributed by atoms with Crippen LogP contribution in [0.2, 0.25) is 0 Å². The molecular formula is C17H28F2O2. The summed E-state index contributed by atoms with van der Waals surface area (Å²) >= 11 is 0. The molecule has 1 spiro atoms. The van der Waals surface area contributed by atoms with Crippen molar-refractivity contribution in [3.8, 4) is 0 Å². The van der Waals surface area contributed by atoms with Crippen LogP contribution in [0.5, 0.6) is 0 Å². The zero-order chi connectivity index (χ0) is 14.9. The lowest BCUT2D eigenvalue weighted by molar-refractivity contribution is -0.145. The van der Waals surface area contributed by atoms with Gasteiger partial charge in [-0.15, -0.1) is 0 Å². The molecule has 1 N–H and O–H groups in total. The summed E-state index contributed by atoms with van der Waals surface area (Å²) in [6.07, 6.45) is 8.19. The van der Waals surface area contributed by atoms with Gasteiger partial charge in [-0.05, 0) is 50.4 Å². The van der Waals surface area contributed by atoms with Crippen LogP contribution >= 0.6 is 0 Å². The lowest BCUT2D eigenvalue weighted by Gasteiger charge is -2.46. The molecule has 0 bridgehead atoms. The van der Waals surface area contributed by atoms with Crippen molar-refractivity contribution >= 4 is 0 Å². The molecule has 1 heterocycles. The molecule has 3 aliphatic rings. The largest absolute Gasteiger partial charge is 0.393 e. The van der Waals surface area contributed by atoms with E-state index in [-0.39, 0.29) is 30.3 Å². The fraction of sp³-hybridized carbons (Fsp3) is 1.00. The van der Waals surface area contributed by atoms with E-state index in [4.69, 9.17) is 4.74 Å². The molecule has 122 valence electrons. The second-order valence-corrected chi connectivity index (χ2v) is 7.53. The highest BCUT2D eigenvalue weighted by atomic mass is 19.3. The molecule has 0 amide bonds. The molecule has 0 aromatic heterocycles. The highest BCUT2D eigenvalue weighted by Crippen LogP contribution is 2.45. The quantitative estimate of drug-likeness (QED) is 0.824. The molecule has 0 aromatic rings. The maximum atomic E-state index is 13.3. The first-order chi connectivity index (χ1) is 10.00. The number of aliphatic hydroxyl groups is 1. The minimum Gasteiger partial charge on any atom is -0.393 e. The third kappa shape index (κ3) is 3.58. The van der Waals surface area contributed by atoms with Crippen molar-refractivity contribution in [2.75, 3.05) is 6.61 Å². The second-order valence-electron chi connectivity index (χ2n) is 7.53. The molecule has 4 heteroatoms. The van der Waals surface area contributed by atoms with E-state index in [2.05, 4.69) is 0 Å². The molecule has 2 saturated carbocycles. The van der Waals surface area contributed by atoms with Gasteiger partial charge < -0.3 is 9.84 Å². The van der Waals surface area contributed by atoms with Gasteiger partial charge >= 0.3 is 0 Å². The van der Waals surface area contributed by atoms with Gasteiger partial charge in [-0.1, -0.05) is 19.3 Å². The van der Waals surface area contributed by atoms with Crippen LogP contribution in [0.25, 0.3) is 0 Å². The fourth-order valence-corrected chi connectivity index (χ4v) is 4.69. The van der Waals surface area contributed by atoms with Gasteiger partial charge in [0.25, 0.3) is 0 Å². The van der Waals surface area contributed by atoms with E-state index in [0.717, 1.165) is 32.3 Å². The average molecular weight is 302 g/mol. The maximum Gasteiger partial charge on any atom is 0.248 e. The van der Waals surface area contributed by atoms with Crippen LogP contribution in [0.3, 0.4) is 0 Å². The Morgan fingerprint density at radius 1 is 0.905 bits per heavy atom. The first-order valence-corrected chi connectivity index (χ1v) is 8.70. The Bertz CT molecular complexity index is 337. The van der Waals surface area contributed by atoms with E-state index >= 15 is 0 Å². The van der Waals surface area contributed by atoms with Crippen molar-refractivity contribution < 1.29 is 18.6 Å². The first kappa shape index (κ1) is 15.7. The van der Waals surface area contributed by atoms with Gasteiger partial charge in [-0.25, -0.2) is 8.78 Å². The van der Waals surface area contributed by atoms with E-state index in [1.165, 1.54) is 19.3 Å². The van der Waals surface area contributed by atoms with E-state index in [9.17, 15) is 13.9 Å². The highest BCUT2D eigenvalue weighted by Gasteiger charge is 2.44. The molecule has 2 unspecified atom stereocenters. The molecule has 3 fully saturated rings. The van der Waals surface area contributed by atoms with Gasteiger partial charge in [0.1, 0.15) is 0 Å². The lowest BCUT2D eigenvalue weighted by atomic mass is 9.70. The number of alkyl halides is 2. The zero-order valence-electron chi connectivity index (χ0n) is 12.8. The Morgan fingerprint density at radius 3 is 2.24 bits per heavy atom. The van der Waals surface area contributed by atoms with Crippen LogP contribution in [0.15, 0.2) is 0 Å². The Morgan fingerprint density at radius 2 is 1.57 bits per heavy atom. The SMILES string of the molecule is OC(C1CCC(F)(F)CC1)C1CCOC2(CCCCC2)C1. The number of ether oxygens (including phenoxy) is 1. The summed E-state index contributed by atoms with van der Waals surface area (Å²) in [6, 6.07) is 0. The minimum atomic E-state index is -2.50. The number of hydrogen-bond acceptors (Lipinski definition) is 2. The van der Waals surface area contributed by atoms with Crippen molar-refractivity contribution in [3.63, 3.8) is 0 Å². The molecule has 0 radical (unpaired) electrons. The van der Waals surface area contributed by atoms with Crippen molar-refractivity contribution in [2.45, 2.75) is 88.3 Å². The number of halogens is 2. The Balaban J connectivity index is 1.58. The van der Waals surface area contributed by atoms with Crippen molar-refractivity contribution in [3.05, 3.63) is 0 Å². The summed E-state index contributed by atoms with van der Waals surface area (Å²) in [5.41, 5.74) is -0.0131. The summed E-state index contributed by atoms with van der Waals surface area (Å²) in [5, 5.41) is 10.7. The third-order valence-electron chi connectivity index (χ3n) is 6.02. The highest BCUT2D eigenvalue weighted by molar-refractivity contribution is 4.93. The predicted molar refractivity (Wildman–Crippen MR) is 77.4 cm³/mol. The van der Waals surface area contributed by atoms with E-state index in [1.807, 2.05) is 0 Å². The Kier molecular flexibility index (Phi) is 4.56.